The third-order valence-electron chi connectivity index (χ3n) is 6.57. The molecular formula is C26H30F2N2O5. The molecule has 2 N–H and O–H groups in total. The second kappa shape index (κ2) is 9.81. The van der Waals surface area contributed by atoms with E-state index in [0.29, 0.717) is 30.3 Å². The number of benzene rings is 2. The summed E-state index contributed by atoms with van der Waals surface area (Å²) in [5.74, 6) is -1.17. The lowest BCUT2D eigenvalue weighted by Crippen LogP contribution is -2.44. The second-order valence-corrected chi connectivity index (χ2v) is 9.84. The zero-order chi connectivity index (χ0) is 25.3. The van der Waals surface area contributed by atoms with Crippen molar-refractivity contribution >= 4 is 17.7 Å². The Bertz CT molecular complexity index is 1110. The van der Waals surface area contributed by atoms with Crippen molar-refractivity contribution in [2.24, 2.45) is 5.92 Å². The first-order valence-corrected chi connectivity index (χ1v) is 11.6. The summed E-state index contributed by atoms with van der Waals surface area (Å²) in [5, 5.41) is 12.2. The number of rotatable bonds is 8. The lowest BCUT2D eigenvalue weighted by molar-refractivity contribution is -0.121. The molecule has 1 saturated carbocycles. The highest BCUT2D eigenvalue weighted by atomic mass is 19.1. The van der Waals surface area contributed by atoms with Gasteiger partial charge in [-0.25, -0.2) is 13.6 Å². The van der Waals surface area contributed by atoms with Crippen molar-refractivity contribution in [2.45, 2.75) is 44.6 Å². The SMILES string of the molecule is COc1ccc2c(c1)CCN(C(=O)O)C2C(=O)Nc1cc(F)c(C(C)(C)COCC2CC2)c(F)c1. The fraction of sp³-hybridized carbons (Fsp3) is 0.462. The predicted octanol–water partition coefficient (Wildman–Crippen LogP) is 4.89. The normalized spacial score (nSPS) is 17.6. The molecule has 0 saturated heterocycles. The van der Waals surface area contributed by atoms with E-state index in [1.807, 2.05) is 0 Å². The van der Waals surface area contributed by atoms with E-state index in [9.17, 15) is 14.7 Å². The largest absolute Gasteiger partial charge is 0.497 e. The van der Waals surface area contributed by atoms with Crippen LogP contribution >= 0.6 is 0 Å². The molecule has 1 atom stereocenters. The summed E-state index contributed by atoms with van der Waals surface area (Å²) in [6, 6.07) is 5.99. The minimum absolute atomic E-state index is 0.0885. The quantitative estimate of drug-likeness (QED) is 0.552. The van der Waals surface area contributed by atoms with Gasteiger partial charge >= 0.3 is 6.09 Å². The lowest BCUT2D eigenvalue weighted by Gasteiger charge is -2.34. The molecule has 0 radical (unpaired) electrons. The van der Waals surface area contributed by atoms with Crippen LogP contribution < -0.4 is 10.1 Å². The standard InChI is InChI=1S/C26H30F2N2O5/c1-26(2,14-35-13-15-4-5-15)22-20(27)11-17(12-21(22)28)29-24(31)23-19-7-6-18(34-3)10-16(19)8-9-30(23)25(32)33/h6-7,10-12,15,23H,4-5,8-9,13-14H2,1-3H3,(H,29,31)(H,32,33). The molecule has 0 spiro atoms. The van der Waals surface area contributed by atoms with Crippen LogP contribution in [-0.4, -0.2) is 48.9 Å². The van der Waals surface area contributed by atoms with Crippen molar-refractivity contribution in [2.75, 3.05) is 32.2 Å². The van der Waals surface area contributed by atoms with E-state index >= 15 is 8.78 Å². The molecule has 35 heavy (non-hydrogen) atoms. The Labute approximate surface area is 203 Å². The highest BCUT2D eigenvalue weighted by Gasteiger charge is 2.37. The maximum absolute atomic E-state index is 15.1. The topological polar surface area (TPSA) is 88.1 Å². The van der Waals surface area contributed by atoms with Crippen molar-refractivity contribution in [3.63, 3.8) is 0 Å². The molecule has 0 aromatic heterocycles. The number of hydrogen-bond acceptors (Lipinski definition) is 4. The van der Waals surface area contributed by atoms with Gasteiger partial charge in [-0.05, 0) is 60.6 Å². The molecule has 9 heteroatoms. The van der Waals surface area contributed by atoms with Crippen LogP contribution in [0.3, 0.4) is 0 Å². The number of halogens is 2. The minimum atomic E-state index is -1.26. The van der Waals surface area contributed by atoms with Crippen LogP contribution in [-0.2, 0) is 21.4 Å². The number of anilines is 1. The Morgan fingerprint density at radius 2 is 1.86 bits per heavy atom. The zero-order valence-corrected chi connectivity index (χ0v) is 20.1. The number of amides is 2. The number of ether oxygens (including phenoxy) is 2. The first-order chi connectivity index (χ1) is 16.6. The van der Waals surface area contributed by atoms with Crippen LogP contribution in [0, 0.1) is 17.6 Å². The zero-order valence-electron chi connectivity index (χ0n) is 20.1. The van der Waals surface area contributed by atoms with Crippen molar-refractivity contribution in [3.8, 4) is 5.75 Å². The highest BCUT2D eigenvalue weighted by Crippen LogP contribution is 2.35. The van der Waals surface area contributed by atoms with Crippen molar-refractivity contribution < 1.29 is 33.0 Å². The first-order valence-electron chi connectivity index (χ1n) is 11.6. The Morgan fingerprint density at radius 1 is 1.17 bits per heavy atom. The smallest absolute Gasteiger partial charge is 0.408 e. The van der Waals surface area contributed by atoms with Crippen molar-refractivity contribution in [1.82, 2.24) is 4.90 Å². The molecular weight excluding hydrogens is 458 g/mol. The average Bonchev–Trinajstić information content (AvgIpc) is 3.61. The van der Waals surface area contributed by atoms with Gasteiger partial charge in [-0.15, -0.1) is 0 Å². The van der Waals surface area contributed by atoms with Crippen LogP contribution in [0.4, 0.5) is 19.3 Å². The van der Waals surface area contributed by atoms with Gasteiger partial charge in [0.1, 0.15) is 23.4 Å². The summed E-state index contributed by atoms with van der Waals surface area (Å²) in [7, 11) is 1.52. The maximum Gasteiger partial charge on any atom is 0.408 e. The lowest BCUT2D eigenvalue weighted by atomic mass is 9.84. The van der Waals surface area contributed by atoms with E-state index in [-0.39, 0.29) is 24.4 Å². The Kier molecular flexibility index (Phi) is 6.98. The highest BCUT2D eigenvalue weighted by molar-refractivity contribution is 5.97. The molecule has 0 bridgehead atoms. The number of carbonyl (C=O) groups excluding carboxylic acids is 1. The minimum Gasteiger partial charge on any atom is -0.497 e. The number of carboxylic acid groups (broad SMARTS) is 1. The van der Waals surface area contributed by atoms with Crippen LogP contribution in [0.5, 0.6) is 5.75 Å². The average molecular weight is 489 g/mol. The third-order valence-corrected chi connectivity index (χ3v) is 6.57. The molecule has 2 aromatic rings. The maximum atomic E-state index is 15.1. The van der Waals surface area contributed by atoms with E-state index in [1.165, 1.54) is 7.11 Å². The van der Waals surface area contributed by atoms with E-state index in [4.69, 9.17) is 9.47 Å². The van der Waals surface area contributed by atoms with Gasteiger partial charge in [0.2, 0.25) is 0 Å². The summed E-state index contributed by atoms with van der Waals surface area (Å²) >= 11 is 0. The van der Waals surface area contributed by atoms with Gasteiger partial charge in [-0.1, -0.05) is 19.9 Å². The number of methoxy groups -OCH3 is 1. The van der Waals surface area contributed by atoms with Gasteiger partial charge in [0.05, 0.1) is 13.7 Å². The van der Waals surface area contributed by atoms with Gasteiger partial charge in [0.15, 0.2) is 0 Å². The molecule has 7 nitrogen and oxygen atoms in total. The van der Waals surface area contributed by atoms with Gasteiger partial charge in [0, 0.05) is 29.8 Å². The van der Waals surface area contributed by atoms with Crippen LogP contribution in [0.25, 0.3) is 0 Å². The van der Waals surface area contributed by atoms with Gasteiger partial charge in [0.25, 0.3) is 5.91 Å². The monoisotopic (exact) mass is 488 g/mol. The number of nitrogens with zero attached hydrogens (tertiary/aromatic N) is 1. The predicted molar refractivity (Wildman–Crippen MR) is 126 cm³/mol. The van der Waals surface area contributed by atoms with Crippen molar-refractivity contribution in [1.29, 1.82) is 0 Å². The first kappa shape index (κ1) is 24.9. The van der Waals surface area contributed by atoms with Gasteiger partial charge in [-0.2, -0.15) is 0 Å². The van der Waals surface area contributed by atoms with E-state index < -0.39 is 35.1 Å². The summed E-state index contributed by atoms with van der Waals surface area (Å²) in [6.45, 7) is 4.26. The number of carbonyl (C=O) groups is 2. The fourth-order valence-electron chi connectivity index (χ4n) is 4.56. The molecule has 1 aliphatic heterocycles. The fourth-order valence-corrected chi connectivity index (χ4v) is 4.56. The molecule has 2 aliphatic rings. The molecule has 2 amide bonds. The Morgan fingerprint density at radius 3 is 2.46 bits per heavy atom. The van der Waals surface area contributed by atoms with E-state index in [0.717, 1.165) is 35.4 Å². The second-order valence-electron chi connectivity index (χ2n) is 9.84. The van der Waals surface area contributed by atoms with E-state index in [2.05, 4.69) is 5.32 Å². The Hall–Kier alpha value is -3.20. The third kappa shape index (κ3) is 5.40. The van der Waals surface area contributed by atoms with Crippen LogP contribution in [0.2, 0.25) is 0 Å². The number of nitrogens with one attached hydrogen (secondary N) is 1. The molecule has 1 heterocycles. The molecule has 1 unspecified atom stereocenters. The summed E-state index contributed by atoms with van der Waals surface area (Å²) in [5.41, 5.74) is 0.168. The van der Waals surface area contributed by atoms with Crippen LogP contribution in [0.15, 0.2) is 30.3 Å². The number of hydrogen-bond donors (Lipinski definition) is 2. The number of fused-ring (bicyclic) bond motifs is 1. The van der Waals surface area contributed by atoms with Gasteiger partial charge in [-0.3, -0.25) is 9.69 Å². The Balaban J connectivity index is 1.56. The van der Waals surface area contributed by atoms with Crippen LogP contribution in [0.1, 0.15) is 49.4 Å². The molecule has 1 aliphatic carbocycles. The summed E-state index contributed by atoms with van der Waals surface area (Å²) < 4.78 is 41.0. The molecule has 4 rings (SSSR count). The van der Waals surface area contributed by atoms with Crippen molar-refractivity contribution in [3.05, 3.63) is 58.7 Å². The van der Waals surface area contributed by atoms with E-state index in [1.54, 1.807) is 32.0 Å². The molecule has 2 aromatic carbocycles. The molecule has 1 fully saturated rings. The molecule has 188 valence electrons. The van der Waals surface area contributed by atoms with Gasteiger partial charge < -0.3 is 19.9 Å². The summed E-state index contributed by atoms with van der Waals surface area (Å²) in [4.78, 5) is 26.1. The summed E-state index contributed by atoms with van der Waals surface area (Å²) in [6.07, 6.45) is 1.40.